The molecule has 0 spiro atoms. The topological polar surface area (TPSA) is 65.5 Å². The summed E-state index contributed by atoms with van der Waals surface area (Å²) in [4.78, 5) is 32.9. The highest BCUT2D eigenvalue weighted by Gasteiger charge is 2.31. The largest absolute Gasteiger partial charge is 0.341 e. The van der Waals surface area contributed by atoms with Crippen LogP contribution in [-0.2, 0) is 16.0 Å². The predicted octanol–water partition coefficient (Wildman–Crippen LogP) is 2.04. The van der Waals surface area contributed by atoms with Gasteiger partial charge in [0.05, 0.1) is 17.2 Å². The Labute approximate surface area is 171 Å². The van der Waals surface area contributed by atoms with E-state index in [1.807, 2.05) is 16.7 Å². The minimum atomic E-state index is 0. The second-order valence-electron chi connectivity index (χ2n) is 6.61. The number of hydrogen-bond donors (Lipinski definition) is 1. The number of piperazine rings is 1. The van der Waals surface area contributed by atoms with Crippen LogP contribution in [0.5, 0.6) is 0 Å². The van der Waals surface area contributed by atoms with E-state index >= 15 is 0 Å². The van der Waals surface area contributed by atoms with Crippen LogP contribution >= 0.6 is 36.2 Å². The average molecular weight is 423 g/mol. The number of aryl methyl sites for hydroxylation is 2. The molecule has 9 heteroatoms. The third-order valence-corrected chi connectivity index (χ3v) is 5.63. The number of nitrogens with one attached hydrogen (secondary N) is 1. The molecule has 2 fully saturated rings. The molecule has 0 aromatic carbocycles. The van der Waals surface area contributed by atoms with Crippen molar-refractivity contribution >= 4 is 48.0 Å². The summed E-state index contributed by atoms with van der Waals surface area (Å²) < 4.78 is 0. The van der Waals surface area contributed by atoms with Crippen molar-refractivity contribution in [3.8, 4) is 0 Å². The monoisotopic (exact) mass is 422 g/mol. The van der Waals surface area contributed by atoms with Crippen LogP contribution in [0.15, 0.2) is 5.38 Å². The molecule has 1 aromatic heterocycles. The molecule has 2 saturated heterocycles. The Morgan fingerprint density at radius 3 is 2.88 bits per heavy atom. The highest BCUT2D eigenvalue weighted by atomic mass is 35.5. The molecule has 2 amide bonds. The first-order chi connectivity index (χ1) is 11.6. The van der Waals surface area contributed by atoms with E-state index in [2.05, 4.69) is 15.7 Å². The van der Waals surface area contributed by atoms with Crippen LogP contribution in [0.3, 0.4) is 0 Å². The van der Waals surface area contributed by atoms with Gasteiger partial charge in [-0.1, -0.05) is 0 Å². The molecule has 1 N–H and O–H groups in total. The number of hydrogen-bond acceptors (Lipinski definition) is 5. The van der Waals surface area contributed by atoms with Crippen LogP contribution in [0.25, 0.3) is 0 Å². The highest BCUT2D eigenvalue weighted by molar-refractivity contribution is 7.09. The van der Waals surface area contributed by atoms with Crippen LogP contribution < -0.4 is 5.32 Å². The zero-order valence-corrected chi connectivity index (χ0v) is 17.6. The minimum absolute atomic E-state index is 0. The quantitative estimate of drug-likeness (QED) is 0.787. The number of thiazole rings is 1. The van der Waals surface area contributed by atoms with Crippen LogP contribution in [-0.4, -0.2) is 65.4 Å². The Morgan fingerprint density at radius 1 is 1.38 bits per heavy atom. The van der Waals surface area contributed by atoms with Gasteiger partial charge in [-0.15, -0.1) is 36.2 Å². The molecule has 3 rings (SSSR count). The maximum Gasteiger partial charge on any atom is 0.236 e. The molecule has 26 heavy (non-hydrogen) atoms. The van der Waals surface area contributed by atoms with Gasteiger partial charge in [0.25, 0.3) is 0 Å². The number of carbonyl (C=O) groups excluding carboxylic acids is 2. The fourth-order valence-electron chi connectivity index (χ4n) is 3.54. The molecule has 6 nitrogen and oxygen atoms in total. The Hall–Kier alpha value is -0.890. The summed E-state index contributed by atoms with van der Waals surface area (Å²) in [6.45, 7) is 5.56. The van der Waals surface area contributed by atoms with Gasteiger partial charge in [-0.25, -0.2) is 4.98 Å². The van der Waals surface area contributed by atoms with E-state index in [-0.39, 0.29) is 42.7 Å². The fraction of sp³-hybridized carbons (Fsp3) is 0.706. The van der Waals surface area contributed by atoms with Gasteiger partial charge in [0.2, 0.25) is 11.8 Å². The summed E-state index contributed by atoms with van der Waals surface area (Å²) in [5, 5.41) is 6.26. The molecule has 148 valence electrons. The predicted molar refractivity (Wildman–Crippen MR) is 108 cm³/mol. The van der Waals surface area contributed by atoms with Gasteiger partial charge in [-0.05, 0) is 32.6 Å². The van der Waals surface area contributed by atoms with E-state index in [4.69, 9.17) is 0 Å². The summed E-state index contributed by atoms with van der Waals surface area (Å²) in [5.41, 5.74) is 1.09. The van der Waals surface area contributed by atoms with E-state index in [1.54, 1.807) is 11.3 Å². The molecule has 0 aliphatic carbocycles. The van der Waals surface area contributed by atoms with E-state index in [0.717, 1.165) is 56.0 Å². The molecule has 1 atom stereocenters. The summed E-state index contributed by atoms with van der Waals surface area (Å²) in [6.07, 6.45) is 4.27. The second kappa shape index (κ2) is 11.1. The Morgan fingerprint density at radius 2 is 2.19 bits per heavy atom. The van der Waals surface area contributed by atoms with E-state index in [0.29, 0.717) is 19.5 Å². The number of rotatable bonds is 5. The molecule has 2 aliphatic rings. The standard InChI is InChI=1S/C17H26N4O2S.2ClH/c1-13-19-14(12-24-13)4-2-6-16(22)20-8-3-5-15(11-20)21-9-7-18-10-17(21)23;;/h12,15,18H,2-11H2,1H3;2*1H. The van der Waals surface area contributed by atoms with Crippen LogP contribution in [0.2, 0.25) is 0 Å². The first-order valence-electron chi connectivity index (χ1n) is 8.82. The number of aromatic nitrogens is 1. The van der Waals surface area contributed by atoms with Gasteiger partial charge < -0.3 is 15.1 Å². The van der Waals surface area contributed by atoms with Crippen LogP contribution in [0, 0.1) is 6.92 Å². The number of piperidine rings is 1. The summed E-state index contributed by atoms with van der Waals surface area (Å²) in [7, 11) is 0. The maximum atomic E-state index is 12.5. The van der Waals surface area contributed by atoms with Crippen molar-refractivity contribution < 1.29 is 9.59 Å². The molecule has 1 aromatic rings. The van der Waals surface area contributed by atoms with Gasteiger partial charge >= 0.3 is 0 Å². The van der Waals surface area contributed by atoms with Gasteiger partial charge in [-0.2, -0.15) is 0 Å². The molecule has 2 aliphatic heterocycles. The Balaban J connectivity index is 0.00000169. The first kappa shape index (κ1) is 23.1. The first-order valence-corrected chi connectivity index (χ1v) is 9.70. The highest BCUT2D eigenvalue weighted by Crippen LogP contribution is 2.18. The summed E-state index contributed by atoms with van der Waals surface area (Å²) in [6, 6.07) is 0.193. The van der Waals surface area contributed by atoms with E-state index < -0.39 is 0 Å². The van der Waals surface area contributed by atoms with E-state index in [9.17, 15) is 9.59 Å². The Kier molecular flexibility index (Phi) is 9.85. The van der Waals surface area contributed by atoms with Crippen molar-refractivity contribution in [2.45, 2.75) is 45.1 Å². The van der Waals surface area contributed by atoms with Crippen LogP contribution in [0.1, 0.15) is 36.4 Å². The summed E-state index contributed by atoms with van der Waals surface area (Å²) >= 11 is 1.66. The van der Waals surface area contributed by atoms with Gasteiger partial charge in [0.1, 0.15) is 0 Å². The van der Waals surface area contributed by atoms with Crippen molar-refractivity contribution in [1.82, 2.24) is 20.1 Å². The van der Waals surface area contributed by atoms with Crippen molar-refractivity contribution in [1.29, 1.82) is 0 Å². The average Bonchev–Trinajstić information content (AvgIpc) is 3.00. The van der Waals surface area contributed by atoms with Gasteiger partial charge in [-0.3, -0.25) is 9.59 Å². The molecule has 3 heterocycles. The number of likely N-dealkylation sites (tertiary alicyclic amines) is 1. The normalized spacial score (nSPS) is 20.3. The summed E-state index contributed by atoms with van der Waals surface area (Å²) in [5.74, 6) is 0.383. The molecular weight excluding hydrogens is 395 g/mol. The number of carbonyl (C=O) groups is 2. The lowest BCUT2D eigenvalue weighted by atomic mass is 10.0. The maximum absolute atomic E-state index is 12.5. The van der Waals surface area contributed by atoms with Crippen molar-refractivity contribution in [2.75, 3.05) is 32.7 Å². The molecule has 1 unspecified atom stereocenters. The smallest absolute Gasteiger partial charge is 0.236 e. The van der Waals surface area contributed by atoms with E-state index in [1.165, 1.54) is 0 Å². The number of amides is 2. The Bertz CT molecular complexity index is 599. The molecular formula is C17H28Cl2N4O2S. The zero-order chi connectivity index (χ0) is 16.9. The van der Waals surface area contributed by atoms with Gasteiger partial charge in [0, 0.05) is 44.0 Å². The zero-order valence-electron chi connectivity index (χ0n) is 15.1. The van der Waals surface area contributed by atoms with Crippen LogP contribution in [0.4, 0.5) is 0 Å². The second-order valence-corrected chi connectivity index (χ2v) is 7.67. The number of halogens is 2. The van der Waals surface area contributed by atoms with Crippen molar-refractivity contribution in [3.05, 3.63) is 16.1 Å². The molecule has 0 bridgehead atoms. The van der Waals surface area contributed by atoms with Crippen molar-refractivity contribution in [2.24, 2.45) is 0 Å². The lowest BCUT2D eigenvalue weighted by molar-refractivity contribution is -0.140. The SMILES string of the molecule is Cc1nc(CCCC(=O)N2CCCC(N3CCNCC3=O)C2)cs1.Cl.Cl. The lowest BCUT2D eigenvalue weighted by Crippen LogP contribution is -2.57. The fourth-order valence-corrected chi connectivity index (χ4v) is 4.19. The lowest BCUT2D eigenvalue weighted by Gasteiger charge is -2.41. The van der Waals surface area contributed by atoms with Crippen molar-refractivity contribution in [3.63, 3.8) is 0 Å². The minimum Gasteiger partial charge on any atom is -0.341 e. The third kappa shape index (κ3) is 6.08. The molecule has 0 radical (unpaired) electrons. The number of nitrogens with zero attached hydrogens (tertiary/aromatic N) is 3. The van der Waals surface area contributed by atoms with Gasteiger partial charge in [0.15, 0.2) is 0 Å². The third-order valence-electron chi connectivity index (χ3n) is 4.81. The molecule has 0 saturated carbocycles.